The van der Waals surface area contributed by atoms with Crippen LogP contribution < -0.4 is 4.72 Å². The first kappa shape index (κ1) is 12.5. The molecule has 0 amide bonds. The Kier molecular flexibility index (Phi) is 4.56. The highest BCUT2D eigenvalue weighted by atomic mass is 35.5. The molecular weight excluding hydrogens is 238 g/mol. The van der Waals surface area contributed by atoms with Crippen LogP contribution >= 0.6 is 11.6 Å². The van der Waals surface area contributed by atoms with Gasteiger partial charge in [-0.15, -0.1) is 11.6 Å². The van der Waals surface area contributed by atoms with Gasteiger partial charge in [-0.3, -0.25) is 0 Å². The Balaban J connectivity index is 2.57. The van der Waals surface area contributed by atoms with Crippen LogP contribution in [0.1, 0.15) is 19.8 Å². The van der Waals surface area contributed by atoms with Gasteiger partial charge < -0.3 is 4.98 Å². The topological polar surface area (TPSA) is 74.8 Å². The van der Waals surface area contributed by atoms with Crippen LogP contribution in [-0.2, 0) is 10.0 Å². The third-order valence-electron chi connectivity index (χ3n) is 1.89. The number of rotatable bonds is 6. The standard InChI is InChI=1S/C8H14ClN3O2S/c1-7(3-2-4-9)12-15(13,14)8-5-10-6-11-8/h5-7,12H,2-4H2,1H3,(H,10,11). The highest BCUT2D eigenvalue weighted by Crippen LogP contribution is 2.06. The molecule has 1 aromatic heterocycles. The number of H-pyrrole nitrogens is 1. The Morgan fingerprint density at radius 3 is 2.93 bits per heavy atom. The molecule has 1 atom stereocenters. The molecule has 2 N–H and O–H groups in total. The van der Waals surface area contributed by atoms with Gasteiger partial charge in [-0.05, 0) is 19.8 Å². The molecule has 0 spiro atoms. The molecule has 1 unspecified atom stereocenters. The van der Waals surface area contributed by atoms with E-state index in [0.29, 0.717) is 5.88 Å². The number of hydrogen-bond acceptors (Lipinski definition) is 3. The number of imidazole rings is 1. The van der Waals surface area contributed by atoms with Gasteiger partial charge in [-0.25, -0.2) is 18.1 Å². The fourth-order valence-electron chi connectivity index (χ4n) is 1.16. The van der Waals surface area contributed by atoms with E-state index in [0.717, 1.165) is 12.8 Å². The molecule has 0 saturated carbocycles. The molecule has 15 heavy (non-hydrogen) atoms. The van der Waals surface area contributed by atoms with Gasteiger partial charge in [0, 0.05) is 11.9 Å². The van der Waals surface area contributed by atoms with Gasteiger partial charge in [0.1, 0.15) is 0 Å². The van der Waals surface area contributed by atoms with Crippen LogP contribution in [0.15, 0.2) is 17.6 Å². The maximum atomic E-state index is 11.7. The van der Waals surface area contributed by atoms with Crippen LogP contribution in [0, 0.1) is 0 Å². The molecule has 0 aliphatic heterocycles. The van der Waals surface area contributed by atoms with Gasteiger partial charge >= 0.3 is 0 Å². The lowest BCUT2D eigenvalue weighted by molar-refractivity contribution is 0.542. The van der Waals surface area contributed by atoms with Crippen molar-refractivity contribution in [2.75, 3.05) is 5.88 Å². The number of aromatic amines is 1. The number of aromatic nitrogens is 2. The number of nitrogens with zero attached hydrogens (tertiary/aromatic N) is 1. The second kappa shape index (κ2) is 5.48. The van der Waals surface area contributed by atoms with E-state index >= 15 is 0 Å². The van der Waals surface area contributed by atoms with Crippen molar-refractivity contribution >= 4 is 21.6 Å². The zero-order valence-electron chi connectivity index (χ0n) is 8.40. The molecule has 0 saturated heterocycles. The minimum Gasteiger partial charge on any atom is -0.335 e. The fourth-order valence-corrected chi connectivity index (χ4v) is 2.50. The van der Waals surface area contributed by atoms with Crippen molar-refractivity contribution in [3.8, 4) is 0 Å². The minimum atomic E-state index is -3.46. The molecule has 1 rings (SSSR count). The first-order valence-electron chi connectivity index (χ1n) is 4.63. The average Bonchev–Trinajstić information content (AvgIpc) is 2.67. The van der Waals surface area contributed by atoms with Crippen LogP contribution in [0.5, 0.6) is 0 Å². The minimum absolute atomic E-state index is 0.0835. The summed E-state index contributed by atoms with van der Waals surface area (Å²) in [7, 11) is -3.46. The number of halogens is 1. The summed E-state index contributed by atoms with van der Waals surface area (Å²) >= 11 is 5.52. The van der Waals surface area contributed by atoms with E-state index < -0.39 is 10.0 Å². The molecular formula is C8H14ClN3O2S. The molecule has 7 heteroatoms. The highest BCUT2D eigenvalue weighted by Gasteiger charge is 2.17. The summed E-state index contributed by atoms with van der Waals surface area (Å²) in [6, 6.07) is -0.128. The summed E-state index contributed by atoms with van der Waals surface area (Å²) < 4.78 is 25.8. The Labute approximate surface area is 94.3 Å². The zero-order chi connectivity index (χ0) is 11.3. The number of hydrogen-bond donors (Lipinski definition) is 2. The maximum absolute atomic E-state index is 11.7. The molecule has 0 aromatic carbocycles. The SMILES string of the molecule is CC(CCCCl)NS(=O)(=O)c1cnc[nH]1. The number of sulfonamides is 1. The van der Waals surface area contributed by atoms with Gasteiger partial charge in [-0.1, -0.05) is 0 Å². The van der Waals surface area contributed by atoms with E-state index in [1.807, 2.05) is 0 Å². The van der Waals surface area contributed by atoms with Crippen molar-refractivity contribution in [2.24, 2.45) is 0 Å². The summed E-state index contributed by atoms with van der Waals surface area (Å²) in [5.74, 6) is 0.538. The lowest BCUT2D eigenvalue weighted by atomic mass is 10.2. The van der Waals surface area contributed by atoms with Gasteiger partial charge in [0.05, 0.1) is 12.5 Å². The Morgan fingerprint density at radius 1 is 1.67 bits per heavy atom. The fraction of sp³-hybridized carbons (Fsp3) is 0.625. The van der Waals surface area contributed by atoms with Crippen molar-refractivity contribution in [3.63, 3.8) is 0 Å². The number of alkyl halides is 1. The highest BCUT2D eigenvalue weighted by molar-refractivity contribution is 7.89. The summed E-state index contributed by atoms with van der Waals surface area (Å²) in [4.78, 5) is 6.21. The second-order valence-corrected chi connectivity index (χ2v) is 5.33. The molecule has 1 heterocycles. The largest absolute Gasteiger partial charge is 0.335 e. The molecule has 0 aliphatic carbocycles. The molecule has 0 fully saturated rings. The Morgan fingerprint density at radius 2 is 2.40 bits per heavy atom. The summed E-state index contributed by atoms with van der Waals surface area (Å²) in [5, 5.41) is 0.0835. The molecule has 5 nitrogen and oxygen atoms in total. The van der Waals surface area contributed by atoms with Crippen LogP contribution in [0.3, 0.4) is 0 Å². The second-order valence-electron chi connectivity index (χ2n) is 3.27. The van der Waals surface area contributed by atoms with E-state index in [4.69, 9.17) is 11.6 Å². The van der Waals surface area contributed by atoms with Crippen molar-refractivity contribution in [2.45, 2.75) is 30.8 Å². The van der Waals surface area contributed by atoms with Crippen molar-refractivity contribution in [1.29, 1.82) is 0 Å². The molecule has 0 aliphatic rings. The summed E-state index contributed by atoms with van der Waals surface area (Å²) in [6.45, 7) is 1.81. The van der Waals surface area contributed by atoms with Gasteiger partial charge in [0.2, 0.25) is 0 Å². The Bertz CT molecular complexity index is 377. The van der Waals surface area contributed by atoms with E-state index in [1.165, 1.54) is 12.5 Å². The maximum Gasteiger partial charge on any atom is 0.257 e. The van der Waals surface area contributed by atoms with Crippen LogP contribution in [-0.4, -0.2) is 30.3 Å². The van der Waals surface area contributed by atoms with Crippen LogP contribution in [0.4, 0.5) is 0 Å². The quantitative estimate of drug-likeness (QED) is 0.744. The predicted molar refractivity (Wildman–Crippen MR) is 58.3 cm³/mol. The lowest BCUT2D eigenvalue weighted by Gasteiger charge is -2.11. The monoisotopic (exact) mass is 251 g/mol. The molecule has 0 bridgehead atoms. The Hall–Kier alpha value is -0.590. The van der Waals surface area contributed by atoms with Crippen molar-refractivity contribution < 1.29 is 8.42 Å². The first-order valence-corrected chi connectivity index (χ1v) is 6.64. The van der Waals surface area contributed by atoms with Gasteiger partial charge in [0.25, 0.3) is 10.0 Å². The first-order chi connectivity index (χ1) is 7.06. The third-order valence-corrected chi connectivity index (χ3v) is 3.67. The third kappa shape index (κ3) is 3.81. The molecule has 86 valence electrons. The van der Waals surface area contributed by atoms with Gasteiger partial charge in [0.15, 0.2) is 5.03 Å². The zero-order valence-corrected chi connectivity index (χ0v) is 9.98. The average molecular weight is 252 g/mol. The number of nitrogens with one attached hydrogen (secondary N) is 2. The lowest BCUT2D eigenvalue weighted by Crippen LogP contribution is -2.32. The van der Waals surface area contributed by atoms with E-state index in [9.17, 15) is 8.42 Å². The van der Waals surface area contributed by atoms with Crippen LogP contribution in [0.25, 0.3) is 0 Å². The predicted octanol–water partition coefficient (Wildman–Crippen LogP) is 1.10. The van der Waals surface area contributed by atoms with E-state index in [1.54, 1.807) is 6.92 Å². The smallest absolute Gasteiger partial charge is 0.257 e. The van der Waals surface area contributed by atoms with E-state index in [-0.39, 0.29) is 11.1 Å². The normalized spacial score (nSPS) is 14.0. The molecule has 0 radical (unpaired) electrons. The van der Waals surface area contributed by atoms with E-state index in [2.05, 4.69) is 14.7 Å². The molecule has 1 aromatic rings. The van der Waals surface area contributed by atoms with Crippen molar-refractivity contribution in [3.05, 3.63) is 12.5 Å². The van der Waals surface area contributed by atoms with Crippen LogP contribution in [0.2, 0.25) is 0 Å². The summed E-state index contributed by atoms with van der Waals surface area (Å²) in [6.07, 6.45) is 4.11. The van der Waals surface area contributed by atoms with Gasteiger partial charge in [-0.2, -0.15) is 0 Å². The van der Waals surface area contributed by atoms with Crippen molar-refractivity contribution in [1.82, 2.24) is 14.7 Å². The summed E-state index contributed by atoms with van der Waals surface area (Å²) in [5.41, 5.74) is 0.